The fraction of sp³-hybridized carbons (Fsp3) is 0.540. The predicted octanol–water partition coefficient (Wildman–Crippen LogP) is -8.54. The van der Waals surface area contributed by atoms with Crippen LogP contribution in [0.1, 0.15) is 75.3 Å². The molecule has 20 N–H and O–H groups in total. The molecule has 3 saturated heterocycles. The molecule has 0 unspecified atom stereocenters. The summed E-state index contributed by atoms with van der Waals surface area (Å²) in [5.74, 6) is -6.42. The molecule has 3 heterocycles. The normalized spacial score (nSPS) is 19.0. The van der Waals surface area contributed by atoms with Crippen molar-refractivity contribution >= 4 is 65.1 Å². The molecule has 2 aromatic rings. The third-order valence-electron chi connectivity index (χ3n) is 13.6. The average molecular weight is 1060 g/mol. The van der Waals surface area contributed by atoms with Crippen LogP contribution in [0.3, 0.4) is 0 Å². The van der Waals surface area contributed by atoms with Gasteiger partial charge in [0.1, 0.15) is 42.3 Å². The number of aliphatic hydroxyl groups excluding tert-OH is 1. The van der Waals surface area contributed by atoms with Crippen molar-refractivity contribution < 1.29 is 69.1 Å². The first-order chi connectivity index (χ1) is 36.4. The number of guanidine groups is 2. The maximum atomic E-state index is 14.1. The number of quaternary nitrogens is 1. The summed E-state index contributed by atoms with van der Waals surface area (Å²) in [4.78, 5) is 132. The van der Waals surface area contributed by atoms with Crippen LogP contribution in [0.2, 0.25) is 0 Å². The Morgan fingerprint density at radius 1 is 0.592 bits per heavy atom. The number of aliphatic carboxylic acids is 1. The Morgan fingerprint density at radius 2 is 1.07 bits per heavy atom. The van der Waals surface area contributed by atoms with Gasteiger partial charge in [0.15, 0.2) is 6.04 Å². The first-order valence-electron chi connectivity index (χ1n) is 25.8. The Kier molecular flexibility index (Phi) is 22.7. The van der Waals surface area contributed by atoms with Gasteiger partial charge in [-0.2, -0.15) is 0 Å². The van der Waals surface area contributed by atoms with Crippen LogP contribution >= 0.6 is 0 Å². The van der Waals surface area contributed by atoms with Gasteiger partial charge in [0, 0.05) is 38.9 Å². The van der Waals surface area contributed by atoms with Crippen molar-refractivity contribution in [3.63, 3.8) is 0 Å². The molecule has 0 radical (unpaired) electrons. The summed E-state index contributed by atoms with van der Waals surface area (Å²) < 4.78 is 0. The lowest BCUT2D eigenvalue weighted by Crippen LogP contribution is -2.78. The van der Waals surface area contributed by atoms with Gasteiger partial charge in [0.05, 0.1) is 26.2 Å². The highest BCUT2D eigenvalue weighted by molar-refractivity contribution is 5.98. The molecule has 26 nitrogen and oxygen atoms in total. The van der Waals surface area contributed by atoms with E-state index in [9.17, 15) is 53.4 Å². The van der Waals surface area contributed by atoms with Gasteiger partial charge >= 0.3 is 17.9 Å². The van der Waals surface area contributed by atoms with Gasteiger partial charge in [-0.05, 0) is 68.9 Å². The van der Waals surface area contributed by atoms with Crippen molar-refractivity contribution in [2.75, 3.05) is 45.9 Å². The summed E-state index contributed by atoms with van der Waals surface area (Å²) in [7, 11) is 0. The highest BCUT2D eigenvalue weighted by Gasteiger charge is 2.44. The van der Waals surface area contributed by atoms with Gasteiger partial charge in [-0.3, -0.25) is 71.3 Å². The van der Waals surface area contributed by atoms with Crippen molar-refractivity contribution in [1.82, 2.24) is 41.3 Å². The summed E-state index contributed by atoms with van der Waals surface area (Å²) in [6.07, 6.45) is 3.61. The molecule has 0 bridgehead atoms. The van der Waals surface area contributed by atoms with E-state index in [0.29, 0.717) is 69.2 Å². The van der Waals surface area contributed by atoms with Crippen LogP contribution in [0, 0.1) is 0 Å². The molecule has 8 amide bonds. The molecule has 8 atom stereocenters. The maximum absolute atomic E-state index is 14.1. The first kappa shape index (κ1) is 59.0. The minimum absolute atomic E-state index is 0.0123. The summed E-state index contributed by atoms with van der Waals surface area (Å²) in [6.45, 7) is -0.0556. The Balaban J connectivity index is 1.21. The SMILES string of the molecule is NC(N)=[NH+]CCC[C@H](NC(=O)[C@H](Cc1ccccc1)NC(=O)[C@@H]1CCCN1C(=O)[C@H](CO)NC(=O)[C@H](Cc1ccccc1)NC(=O)CNC(=O)[C@@H]1CCCN1C(=O)[C@@H]1CCCN1C(=O)[C@@H]([NH3+])CCC[NH+]=C(N)N)C(=O)O. The molecule has 3 aliphatic rings. The van der Waals surface area contributed by atoms with Crippen LogP contribution in [0.4, 0.5) is 0 Å². The highest BCUT2D eigenvalue weighted by Crippen LogP contribution is 2.26. The van der Waals surface area contributed by atoms with Crippen LogP contribution < -0.4 is 65.2 Å². The molecule has 26 heteroatoms. The number of hydrogen-bond donors (Lipinski definition) is 14. The average Bonchev–Trinajstić information content (AvgIpc) is 4.22. The van der Waals surface area contributed by atoms with Gasteiger partial charge in [0.25, 0.3) is 5.91 Å². The van der Waals surface area contributed by atoms with Crippen molar-refractivity contribution in [3.05, 3.63) is 71.8 Å². The Bertz CT molecular complexity index is 2400. The number of carbonyl (C=O) groups excluding carboxylic acids is 8. The number of aliphatic hydroxyl groups is 1. The highest BCUT2D eigenvalue weighted by atomic mass is 16.4. The standard InChI is InChI=1S/C50H73N15O11/c51-32(16-7-21-56-49(52)53)45(72)65-25-11-20-39(65)47(74)64-24-9-18-37(64)43(70)58-28-40(67)59-34(26-30-12-3-1-4-13-30)41(68)62-36(29-66)46(73)63-23-10-19-38(63)44(71)61-35(27-31-14-5-2-6-15-31)42(69)60-33(48(75)76)17-8-22-57-50(54)55/h1-6,12-15,32-39,66H,7-11,16-29,51H2,(H,58,70)(H,59,67)(H,60,69)(H,61,71)(H,62,68)(H,75,76)(H4,52,53,56)(H4,54,55,57)/p+3/t32-,33-,34-,35-,36-,37-,38-,39-/m0/s1. The summed E-state index contributed by atoms with van der Waals surface area (Å²) in [5, 5.41) is 33.4. The van der Waals surface area contributed by atoms with Crippen LogP contribution in [-0.2, 0) is 56.0 Å². The molecule has 0 saturated carbocycles. The Hall–Kier alpha value is -7.87. The number of amides is 8. The predicted molar refractivity (Wildman–Crippen MR) is 274 cm³/mol. The number of benzene rings is 2. The minimum atomic E-state index is -1.58. The third-order valence-corrected chi connectivity index (χ3v) is 13.6. The van der Waals surface area contributed by atoms with E-state index in [1.165, 1.54) is 14.7 Å². The molecule has 0 aromatic heterocycles. The van der Waals surface area contributed by atoms with E-state index in [4.69, 9.17) is 22.9 Å². The molecular weight excluding hydrogens is 987 g/mol. The molecule has 3 aliphatic heterocycles. The molecule has 0 spiro atoms. The smallest absolute Gasteiger partial charge is 0.338 e. The zero-order valence-corrected chi connectivity index (χ0v) is 42.8. The lowest BCUT2D eigenvalue weighted by molar-refractivity contribution is -0.463. The summed E-state index contributed by atoms with van der Waals surface area (Å²) in [5.41, 5.74) is 27.0. The van der Waals surface area contributed by atoms with Crippen LogP contribution in [-0.4, -0.2) is 184 Å². The quantitative estimate of drug-likeness (QED) is 0.0225. The van der Waals surface area contributed by atoms with Gasteiger partial charge < -0.3 is 57.2 Å². The lowest BCUT2D eigenvalue weighted by atomic mass is 10.0. The van der Waals surface area contributed by atoms with E-state index in [0.717, 1.165) is 0 Å². The van der Waals surface area contributed by atoms with Crippen LogP contribution in [0.15, 0.2) is 60.7 Å². The molecular formula is C50H76N15O11+3. The molecule has 2 aromatic carbocycles. The number of nitrogens with zero attached hydrogens (tertiary/aromatic N) is 3. The number of carboxylic acids is 1. The van der Waals surface area contributed by atoms with E-state index in [1.807, 2.05) is 0 Å². The Labute approximate surface area is 440 Å². The molecule has 414 valence electrons. The molecule has 0 aliphatic carbocycles. The van der Waals surface area contributed by atoms with Gasteiger partial charge in [0.2, 0.25) is 41.4 Å². The third kappa shape index (κ3) is 17.4. The van der Waals surface area contributed by atoms with Crippen molar-refractivity contribution in [1.29, 1.82) is 0 Å². The molecule has 76 heavy (non-hydrogen) atoms. The van der Waals surface area contributed by atoms with Crippen molar-refractivity contribution in [2.24, 2.45) is 22.9 Å². The van der Waals surface area contributed by atoms with E-state index >= 15 is 0 Å². The number of carboxylic acid groups (broad SMARTS) is 1. The molecule has 5 rings (SSSR count). The minimum Gasteiger partial charge on any atom is -0.480 e. The van der Waals surface area contributed by atoms with E-state index < -0.39 is 103 Å². The Morgan fingerprint density at radius 3 is 1.59 bits per heavy atom. The van der Waals surface area contributed by atoms with E-state index in [1.54, 1.807) is 60.7 Å². The van der Waals surface area contributed by atoms with Gasteiger partial charge in [-0.15, -0.1) is 0 Å². The number of nitrogens with two attached hydrogens (primary N) is 4. The lowest BCUT2D eigenvalue weighted by Gasteiger charge is -2.31. The second-order valence-electron chi connectivity index (χ2n) is 19.2. The summed E-state index contributed by atoms with van der Waals surface area (Å²) in [6, 6.07) is 8.45. The fourth-order valence-electron chi connectivity index (χ4n) is 9.67. The van der Waals surface area contributed by atoms with Crippen LogP contribution in [0.5, 0.6) is 0 Å². The molecule has 3 fully saturated rings. The zero-order chi connectivity index (χ0) is 55.3. The largest absolute Gasteiger partial charge is 0.480 e. The second kappa shape index (κ2) is 29.3. The number of likely N-dealkylation sites (tertiary alicyclic amines) is 3. The zero-order valence-electron chi connectivity index (χ0n) is 42.8. The maximum Gasteiger partial charge on any atom is 0.338 e. The number of nitrogens with one attached hydrogen (secondary N) is 7. The van der Waals surface area contributed by atoms with E-state index in [-0.39, 0.29) is 75.5 Å². The number of carbonyl (C=O) groups is 9. The fourth-order valence-corrected chi connectivity index (χ4v) is 9.67. The topological polar surface area (TPSA) is 424 Å². The summed E-state index contributed by atoms with van der Waals surface area (Å²) >= 11 is 0. The first-order valence-corrected chi connectivity index (χ1v) is 25.8. The van der Waals surface area contributed by atoms with Gasteiger partial charge in [-0.25, -0.2) is 4.79 Å². The van der Waals surface area contributed by atoms with E-state index in [2.05, 4.69) is 42.3 Å². The van der Waals surface area contributed by atoms with Crippen LogP contribution in [0.25, 0.3) is 0 Å². The monoisotopic (exact) mass is 1060 g/mol. The van der Waals surface area contributed by atoms with Crippen molar-refractivity contribution in [3.8, 4) is 0 Å². The van der Waals surface area contributed by atoms with Gasteiger partial charge in [-0.1, -0.05) is 60.7 Å². The number of hydrogen-bond acceptors (Lipinski definition) is 10. The number of rotatable bonds is 27. The van der Waals surface area contributed by atoms with Crippen molar-refractivity contribution in [2.45, 2.75) is 125 Å². The second-order valence-corrected chi connectivity index (χ2v) is 19.2.